The van der Waals surface area contributed by atoms with E-state index in [-0.39, 0.29) is 19.2 Å². The van der Waals surface area contributed by atoms with Crippen molar-refractivity contribution in [2.45, 2.75) is 0 Å². The normalized spacial score (nSPS) is 17.9. The molecular weight excluding hydrogens is 228 g/mol. The number of rotatable bonds is 1. The van der Waals surface area contributed by atoms with Crippen LogP contribution in [-0.4, -0.2) is 24.4 Å². The molecule has 2 heterocycles. The second-order valence-electron chi connectivity index (χ2n) is 3.43. The molecule has 2 aliphatic heterocycles. The van der Waals surface area contributed by atoms with E-state index in [1.807, 2.05) is 0 Å². The van der Waals surface area contributed by atoms with Crippen molar-refractivity contribution in [3.05, 3.63) is 18.2 Å². The zero-order valence-corrected chi connectivity index (χ0v) is 9.04. The Morgan fingerprint density at radius 1 is 1.31 bits per heavy atom. The predicted molar refractivity (Wildman–Crippen MR) is 60.7 cm³/mol. The number of hydrogen-bond acceptors (Lipinski definition) is 4. The van der Waals surface area contributed by atoms with Crippen molar-refractivity contribution in [2.75, 3.05) is 18.2 Å². The first-order chi connectivity index (χ1) is 7.75. The smallest absolute Gasteiger partial charge is 0.252 e. The topological polar surface area (TPSA) is 50.8 Å². The fraction of sp³-hybridized carbons (Fsp3) is 0.200. The Balaban J connectivity index is 2.00. The van der Waals surface area contributed by atoms with Crippen LogP contribution in [0, 0.1) is 0 Å². The van der Waals surface area contributed by atoms with E-state index < -0.39 is 0 Å². The fourth-order valence-corrected chi connectivity index (χ4v) is 1.99. The molecule has 0 unspecified atom stereocenters. The number of nitrogens with zero attached hydrogens (tertiary/aromatic N) is 1. The summed E-state index contributed by atoms with van der Waals surface area (Å²) in [5.41, 5.74) is 0.698. The van der Waals surface area contributed by atoms with Gasteiger partial charge in [-0.3, -0.25) is 9.69 Å². The van der Waals surface area contributed by atoms with Gasteiger partial charge < -0.3 is 14.8 Å². The molecule has 0 aromatic heterocycles. The lowest BCUT2D eigenvalue weighted by atomic mass is 10.2. The van der Waals surface area contributed by atoms with Crippen LogP contribution in [0.2, 0.25) is 0 Å². The van der Waals surface area contributed by atoms with Gasteiger partial charge in [0.1, 0.15) is 0 Å². The number of nitrogens with one attached hydrogen (secondary N) is 1. The van der Waals surface area contributed by atoms with Gasteiger partial charge in [0.15, 0.2) is 16.6 Å². The average molecular weight is 236 g/mol. The molecule has 5 nitrogen and oxygen atoms in total. The van der Waals surface area contributed by atoms with Crippen LogP contribution in [0.15, 0.2) is 18.2 Å². The zero-order valence-electron chi connectivity index (χ0n) is 8.23. The minimum absolute atomic E-state index is 0.0659. The zero-order chi connectivity index (χ0) is 11.1. The van der Waals surface area contributed by atoms with E-state index in [9.17, 15) is 4.79 Å². The van der Waals surface area contributed by atoms with Crippen molar-refractivity contribution in [2.24, 2.45) is 0 Å². The molecule has 6 heteroatoms. The molecule has 1 aromatic carbocycles. The van der Waals surface area contributed by atoms with Crippen molar-refractivity contribution in [1.29, 1.82) is 0 Å². The number of carbonyl (C=O) groups excluding carboxylic acids is 1. The number of hydrogen-bond donors (Lipinski definition) is 1. The van der Waals surface area contributed by atoms with Crippen LogP contribution in [0.4, 0.5) is 5.69 Å². The lowest BCUT2D eigenvalue weighted by molar-refractivity contribution is -0.115. The Hall–Kier alpha value is -1.82. The van der Waals surface area contributed by atoms with Crippen LogP contribution < -0.4 is 19.7 Å². The molecule has 0 atom stereocenters. The number of thiocarbonyl (C=S) groups is 1. The maximum Gasteiger partial charge on any atom is 0.252 e. The first kappa shape index (κ1) is 9.41. The molecule has 1 N–H and O–H groups in total. The van der Waals surface area contributed by atoms with E-state index in [0.717, 1.165) is 0 Å². The van der Waals surface area contributed by atoms with E-state index in [4.69, 9.17) is 21.7 Å². The Kier molecular flexibility index (Phi) is 1.97. The van der Waals surface area contributed by atoms with E-state index in [1.54, 1.807) is 18.2 Å². The van der Waals surface area contributed by atoms with Gasteiger partial charge in [-0.15, -0.1) is 0 Å². The van der Waals surface area contributed by atoms with Crippen molar-refractivity contribution in [3.8, 4) is 11.5 Å². The van der Waals surface area contributed by atoms with Crippen LogP contribution in [0.1, 0.15) is 0 Å². The third-order valence-corrected chi connectivity index (χ3v) is 2.78. The summed E-state index contributed by atoms with van der Waals surface area (Å²) >= 11 is 5.05. The van der Waals surface area contributed by atoms with Gasteiger partial charge in [0.25, 0.3) is 5.91 Å². The molecule has 82 valence electrons. The number of ether oxygens (including phenoxy) is 2. The van der Waals surface area contributed by atoms with Gasteiger partial charge in [-0.1, -0.05) is 0 Å². The second kappa shape index (κ2) is 3.34. The highest BCUT2D eigenvalue weighted by Crippen LogP contribution is 2.35. The molecule has 0 saturated carbocycles. The SMILES string of the molecule is O=C1CNC(=S)N1c1ccc2c(c1)OCO2. The summed E-state index contributed by atoms with van der Waals surface area (Å²) in [6.07, 6.45) is 0. The standard InChI is InChI=1S/C10H8N2O3S/c13-9-4-11-10(16)12(9)6-1-2-7-8(3-6)15-5-14-7/h1-3H,4-5H2,(H,11,16). The van der Waals surface area contributed by atoms with Gasteiger partial charge in [0.05, 0.1) is 12.2 Å². The second-order valence-corrected chi connectivity index (χ2v) is 3.81. The monoisotopic (exact) mass is 236 g/mol. The lowest BCUT2D eigenvalue weighted by Gasteiger charge is -2.14. The number of benzene rings is 1. The summed E-state index contributed by atoms with van der Waals surface area (Å²) in [6.45, 7) is 0.461. The Bertz CT molecular complexity index is 473. The molecule has 1 fully saturated rings. The van der Waals surface area contributed by atoms with E-state index in [2.05, 4.69) is 5.32 Å². The first-order valence-corrected chi connectivity index (χ1v) is 5.17. The maximum atomic E-state index is 11.6. The Morgan fingerprint density at radius 3 is 2.88 bits per heavy atom. The van der Waals surface area contributed by atoms with Crippen LogP contribution in [-0.2, 0) is 4.79 Å². The van der Waals surface area contributed by atoms with E-state index >= 15 is 0 Å². The van der Waals surface area contributed by atoms with E-state index in [1.165, 1.54) is 4.90 Å². The summed E-state index contributed by atoms with van der Waals surface area (Å²) in [7, 11) is 0. The Morgan fingerprint density at radius 2 is 2.12 bits per heavy atom. The number of fused-ring (bicyclic) bond motifs is 1. The number of anilines is 1. The highest BCUT2D eigenvalue weighted by atomic mass is 32.1. The van der Waals surface area contributed by atoms with Crippen molar-refractivity contribution >= 4 is 28.9 Å². The third-order valence-electron chi connectivity index (χ3n) is 2.46. The van der Waals surface area contributed by atoms with Gasteiger partial charge in [-0.2, -0.15) is 0 Å². The summed E-state index contributed by atoms with van der Waals surface area (Å²) < 4.78 is 10.4. The molecule has 0 bridgehead atoms. The number of carbonyl (C=O) groups is 1. The van der Waals surface area contributed by atoms with Crippen LogP contribution in [0.5, 0.6) is 11.5 Å². The highest BCUT2D eigenvalue weighted by molar-refractivity contribution is 7.80. The van der Waals surface area contributed by atoms with Crippen LogP contribution >= 0.6 is 12.2 Å². The lowest BCUT2D eigenvalue weighted by Crippen LogP contribution is -2.30. The average Bonchev–Trinajstić information content (AvgIpc) is 2.85. The molecule has 3 rings (SSSR count). The van der Waals surface area contributed by atoms with Crippen molar-refractivity contribution < 1.29 is 14.3 Å². The molecule has 0 spiro atoms. The molecule has 1 aromatic rings. The van der Waals surface area contributed by atoms with Crippen LogP contribution in [0.25, 0.3) is 0 Å². The van der Waals surface area contributed by atoms with Gasteiger partial charge in [-0.05, 0) is 24.4 Å². The molecule has 0 radical (unpaired) electrons. The highest BCUT2D eigenvalue weighted by Gasteiger charge is 2.28. The quantitative estimate of drug-likeness (QED) is 0.725. The Labute approximate surface area is 96.9 Å². The molecular formula is C10H8N2O3S. The van der Waals surface area contributed by atoms with Crippen molar-refractivity contribution in [3.63, 3.8) is 0 Å². The van der Waals surface area contributed by atoms with Gasteiger partial charge in [0.2, 0.25) is 6.79 Å². The molecule has 0 aliphatic carbocycles. The van der Waals surface area contributed by atoms with Crippen molar-refractivity contribution in [1.82, 2.24) is 5.32 Å². The molecule has 1 amide bonds. The fourth-order valence-electron chi connectivity index (χ4n) is 1.71. The van der Waals surface area contributed by atoms with Gasteiger partial charge in [-0.25, -0.2) is 0 Å². The van der Waals surface area contributed by atoms with Gasteiger partial charge in [0, 0.05) is 6.07 Å². The third kappa shape index (κ3) is 1.30. The number of amides is 1. The van der Waals surface area contributed by atoms with Crippen LogP contribution in [0.3, 0.4) is 0 Å². The maximum absolute atomic E-state index is 11.6. The molecule has 2 aliphatic rings. The predicted octanol–water partition coefficient (Wildman–Crippen LogP) is 0.636. The largest absolute Gasteiger partial charge is 0.454 e. The molecule has 1 saturated heterocycles. The molecule has 16 heavy (non-hydrogen) atoms. The summed E-state index contributed by atoms with van der Waals surface area (Å²) in [5.74, 6) is 1.26. The van der Waals surface area contributed by atoms with E-state index in [0.29, 0.717) is 22.3 Å². The summed E-state index contributed by atoms with van der Waals surface area (Å²) in [4.78, 5) is 13.0. The first-order valence-electron chi connectivity index (χ1n) is 4.76. The summed E-state index contributed by atoms with van der Waals surface area (Å²) in [6, 6.07) is 5.30. The van der Waals surface area contributed by atoms with Gasteiger partial charge >= 0.3 is 0 Å². The summed E-state index contributed by atoms with van der Waals surface area (Å²) in [5, 5.41) is 3.24. The minimum Gasteiger partial charge on any atom is -0.454 e. The minimum atomic E-state index is -0.0659.